The van der Waals surface area contributed by atoms with E-state index in [1.54, 1.807) is 0 Å². The molecule has 2 aromatic carbocycles. The Morgan fingerprint density at radius 3 is 2.22 bits per heavy atom. The van der Waals surface area contributed by atoms with Gasteiger partial charge in [0.05, 0.1) is 26.9 Å². The quantitative estimate of drug-likeness (QED) is 0.517. The van der Waals surface area contributed by atoms with Gasteiger partial charge in [-0.15, -0.1) is 0 Å². The minimum absolute atomic E-state index is 0.0164. The van der Waals surface area contributed by atoms with Crippen molar-refractivity contribution in [3.63, 3.8) is 0 Å². The number of nitrogens with one attached hydrogen (secondary N) is 2. The van der Waals surface area contributed by atoms with Crippen molar-refractivity contribution < 1.29 is 16.8 Å². The highest BCUT2D eigenvalue weighted by Crippen LogP contribution is 2.26. The molecule has 2 heterocycles. The number of benzene rings is 2. The van der Waals surface area contributed by atoms with Crippen molar-refractivity contribution in [3.05, 3.63) is 54.4 Å². The molecular formula is C22H28N4O4S2. The first-order valence-corrected chi connectivity index (χ1v) is 13.7. The van der Waals surface area contributed by atoms with Crippen LogP contribution in [-0.4, -0.2) is 44.2 Å². The van der Waals surface area contributed by atoms with Gasteiger partial charge in [-0.3, -0.25) is 0 Å². The minimum Gasteiger partial charge on any atom is -0.341 e. The maximum absolute atomic E-state index is 13.1. The summed E-state index contributed by atoms with van der Waals surface area (Å²) in [6.45, 7) is 5.03. The summed E-state index contributed by atoms with van der Waals surface area (Å²) < 4.78 is 55.9. The molecule has 10 heteroatoms. The number of rotatable bonds is 8. The number of nitrogens with zero attached hydrogens (tertiary/aromatic N) is 2. The number of hydrogen-bond acceptors (Lipinski definition) is 5. The first-order valence-electron chi connectivity index (χ1n) is 10.7. The summed E-state index contributed by atoms with van der Waals surface area (Å²) >= 11 is 0. The van der Waals surface area contributed by atoms with Gasteiger partial charge in [0.15, 0.2) is 0 Å². The maximum Gasteiger partial charge on any atom is 0.243 e. The minimum atomic E-state index is -3.89. The molecule has 1 aromatic heterocycles. The largest absolute Gasteiger partial charge is 0.341 e. The van der Waals surface area contributed by atoms with E-state index >= 15 is 0 Å². The highest BCUT2D eigenvalue weighted by Gasteiger charge is 2.29. The lowest BCUT2D eigenvalue weighted by Gasteiger charge is -2.19. The fourth-order valence-electron chi connectivity index (χ4n) is 3.95. The van der Waals surface area contributed by atoms with Gasteiger partial charge in [0.1, 0.15) is 5.82 Å². The summed E-state index contributed by atoms with van der Waals surface area (Å²) in [4.78, 5) is 7.90. The highest BCUT2D eigenvalue weighted by molar-refractivity contribution is 7.89. The molecular weight excluding hydrogens is 448 g/mol. The van der Waals surface area contributed by atoms with Crippen molar-refractivity contribution in [1.82, 2.24) is 19.0 Å². The van der Waals surface area contributed by atoms with Crippen molar-refractivity contribution in [3.8, 4) is 0 Å². The molecule has 0 spiro atoms. The van der Waals surface area contributed by atoms with E-state index in [4.69, 9.17) is 0 Å². The predicted octanol–water partition coefficient (Wildman–Crippen LogP) is 3.41. The number of fused-ring (bicyclic) bond motifs is 1. The van der Waals surface area contributed by atoms with E-state index in [-0.39, 0.29) is 15.7 Å². The van der Waals surface area contributed by atoms with E-state index in [2.05, 4.69) is 14.7 Å². The number of sulfonamides is 2. The average Bonchev–Trinajstić information content (AvgIpc) is 3.43. The SMILES string of the molecule is CC(C)CC(NS(=O)(=O)c1ccc(S(=O)(=O)N2CCCC2)cc1)c1nc2ccccc2[nH]1. The van der Waals surface area contributed by atoms with Gasteiger partial charge in [0, 0.05) is 13.1 Å². The summed E-state index contributed by atoms with van der Waals surface area (Å²) in [5.74, 6) is 0.778. The molecule has 4 rings (SSSR count). The van der Waals surface area contributed by atoms with Crippen LogP contribution in [0.1, 0.15) is 45.0 Å². The molecule has 1 unspecified atom stereocenters. The van der Waals surface area contributed by atoms with Crippen LogP contribution in [0.5, 0.6) is 0 Å². The standard InChI is InChI=1S/C22H28N4O4S2/c1-16(2)15-21(22-23-19-7-3-4-8-20(19)24-22)25-31(27,28)17-9-11-18(12-10-17)32(29,30)26-13-5-6-14-26/h3-4,7-12,16,21,25H,5-6,13-15H2,1-2H3,(H,23,24). The molecule has 0 aliphatic carbocycles. The van der Waals surface area contributed by atoms with Gasteiger partial charge in [0.25, 0.3) is 0 Å². The normalized spacial score (nSPS) is 16.7. The van der Waals surface area contributed by atoms with Gasteiger partial charge in [-0.2, -0.15) is 4.31 Å². The molecule has 1 saturated heterocycles. The van der Waals surface area contributed by atoms with Crippen LogP contribution < -0.4 is 4.72 Å². The van der Waals surface area contributed by atoms with Crippen LogP contribution in [0.15, 0.2) is 58.3 Å². The fraction of sp³-hybridized carbons (Fsp3) is 0.409. The summed E-state index contributed by atoms with van der Waals surface area (Å²) in [6, 6.07) is 12.4. The predicted molar refractivity (Wildman–Crippen MR) is 123 cm³/mol. The number of H-pyrrole nitrogens is 1. The Balaban J connectivity index is 1.59. The number of hydrogen-bond donors (Lipinski definition) is 2. The maximum atomic E-state index is 13.1. The monoisotopic (exact) mass is 476 g/mol. The Morgan fingerprint density at radius 1 is 0.969 bits per heavy atom. The lowest BCUT2D eigenvalue weighted by Crippen LogP contribution is -2.30. The molecule has 8 nitrogen and oxygen atoms in total. The van der Waals surface area contributed by atoms with Crippen LogP contribution in [0, 0.1) is 5.92 Å². The second kappa shape index (κ2) is 8.93. The molecule has 1 aliphatic rings. The van der Waals surface area contributed by atoms with Crippen LogP contribution in [0.25, 0.3) is 11.0 Å². The molecule has 2 N–H and O–H groups in total. The molecule has 0 radical (unpaired) electrons. The third kappa shape index (κ3) is 4.73. The van der Waals surface area contributed by atoms with Crippen molar-refractivity contribution in [1.29, 1.82) is 0 Å². The number of imidazole rings is 1. The fourth-order valence-corrected chi connectivity index (χ4v) is 6.68. The first kappa shape index (κ1) is 22.9. The summed E-state index contributed by atoms with van der Waals surface area (Å²) in [5.41, 5.74) is 1.61. The second-order valence-corrected chi connectivity index (χ2v) is 12.2. The topological polar surface area (TPSA) is 112 Å². The Bertz CT molecular complexity index is 1260. The molecule has 0 bridgehead atoms. The third-order valence-corrected chi connectivity index (χ3v) is 8.98. The van der Waals surface area contributed by atoms with Gasteiger partial charge >= 0.3 is 0 Å². The van der Waals surface area contributed by atoms with Crippen LogP contribution in [-0.2, 0) is 20.0 Å². The summed E-state index contributed by atoms with van der Waals surface area (Å²) in [6.07, 6.45) is 2.24. The van der Waals surface area contributed by atoms with Gasteiger partial charge in [-0.25, -0.2) is 26.5 Å². The Hall–Kier alpha value is -2.27. The molecule has 1 atom stereocenters. The zero-order valence-electron chi connectivity index (χ0n) is 18.2. The van der Waals surface area contributed by atoms with Crippen LogP contribution in [0.4, 0.5) is 0 Å². The smallest absolute Gasteiger partial charge is 0.243 e. The average molecular weight is 477 g/mol. The van der Waals surface area contributed by atoms with E-state index in [1.165, 1.54) is 28.6 Å². The van der Waals surface area contributed by atoms with Gasteiger partial charge in [0.2, 0.25) is 20.0 Å². The van der Waals surface area contributed by atoms with Gasteiger partial charge in [-0.1, -0.05) is 26.0 Å². The molecule has 1 aliphatic heterocycles. The molecule has 3 aromatic rings. The third-order valence-electron chi connectivity index (χ3n) is 5.58. The van der Waals surface area contributed by atoms with Crippen molar-refractivity contribution in [2.45, 2.75) is 48.9 Å². The molecule has 32 heavy (non-hydrogen) atoms. The van der Waals surface area contributed by atoms with Crippen molar-refractivity contribution in [2.75, 3.05) is 13.1 Å². The lowest BCUT2D eigenvalue weighted by molar-refractivity contribution is 0.459. The Morgan fingerprint density at radius 2 is 1.59 bits per heavy atom. The van der Waals surface area contributed by atoms with Crippen LogP contribution in [0.3, 0.4) is 0 Å². The second-order valence-electron chi connectivity index (χ2n) is 8.53. The lowest BCUT2D eigenvalue weighted by atomic mass is 10.0. The first-order chi connectivity index (χ1) is 15.2. The Labute approximate surface area is 189 Å². The number of aromatic nitrogens is 2. The molecule has 172 valence electrons. The van der Waals surface area contributed by atoms with Crippen molar-refractivity contribution in [2.24, 2.45) is 5.92 Å². The summed E-state index contributed by atoms with van der Waals surface area (Å²) in [5, 5.41) is 0. The zero-order valence-corrected chi connectivity index (χ0v) is 19.8. The van der Waals surface area contributed by atoms with E-state index in [0.29, 0.717) is 25.3 Å². The van der Waals surface area contributed by atoms with Crippen LogP contribution in [0.2, 0.25) is 0 Å². The van der Waals surface area contributed by atoms with Crippen LogP contribution >= 0.6 is 0 Å². The van der Waals surface area contributed by atoms with Gasteiger partial charge < -0.3 is 4.98 Å². The van der Waals surface area contributed by atoms with Crippen molar-refractivity contribution >= 4 is 31.1 Å². The number of para-hydroxylation sites is 2. The van der Waals surface area contributed by atoms with E-state index in [9.17, 15) is 16.8 Å². The van der Waals surface area contributed by atoms with E-state index < -0.39 is 26.1 Å². The molecule has 1 fully saturated rings. The molecule has 0 saturated carbocycles. The summed E-state index contributed by atoms with van der Waals surface area (Å²) in [7, 11) is -7.49. The van der Waals surface area contributed by atoms with Gasteiger partial charge in [-0.05, 0) is 61.6 Å². The zero-order chi connectivity index (χ0) is 22.9. The van der Waals surface area contributed by atoms with E-state index in [0.717, 1.165) is 23.9 Å². The Kier molecular flexibility index (Phi) is 6.39. The highest BCUT2D eigenvalue weighted by atomic mass is 32.2. The van der Waals surface area contributed by atoms with E-state index in [1.807, 2.05) is 38.1 Å². The number of aromatic amines is 1. The molecule has 0 amide bonds.